The van der Waals surface area contributed by atoms with Crippen molar-refractivity contribution in [1.82, 2.24) is 15.0 Å². The highest BCUT2D eigenvalue weighted by Crippen LogP contribution is 2.15. The molecule has 0 spiro atoms. The lowest BCUT2D eigenvalue weighted by atomic mass is 10.2. The highest BCUT2D eigenvalue weighted by Gasteiger charge is 2.09. The highest BCUT2D eigenvalue weighted by molar-refractivity contribution is 5.84. The Kier molecular flexibility index (Phi) is 4.79. The Balaban J connectivity index is 1.63. The van der Waals surface area contributed by atoms with E-state index < -0.39 is 0 Å². The number of para-hydroxylation sites is 2. The maximum atomic E-state index is 12.2. The van der Waals surface area contributed by atoms with Gasteiger partial charge in [-0.2, -0.15) is 5.10 Å². The minimum absolute atomic E-state index is 0.184. The summed E-state index contributed by atoms with van der Waals surface area (Å²) in [5, 5.41) is 4.03. The summed E-state index contributed by atoms with van der Waals surface area (Å²) in [6.07, 6.45) is 1.64. The Morgan fingerprint density at radius 2 is 1.92 bits per heavy atom. The van der Waals surface area contributed by atoms with Gasteiger partial charge in [-0.1, -0.05) is 24.3 Å². The molecule has 1 N–H and O–H groups in total. The van der Waals surface area contributed by atoms with Crippen molar-refractivity contribution >= 4 is 28.8 Å². The molecule has 128 valence electrons. The summed E-state index contributed by atoms with van der Waals surface area (Å²) in [5.41, 5.74) is 6.44. The lowest BCUT2D eigenvalue weighted by molar-refractivity contribution is -0.121. The molecule has 3 rings (SSSR count). The summed E-state index contributed by atoms with van der Waals surface area (Å²) in [5.74, 6) is 0.618. The molecular weight excluding hydrogens is 314 g/mol. The zero-order valence-corrected chi connectivity index (χ0v) is 14.6. The van der Waals surface area contributed by atoms with E-state index >= 15 is 0 Å². The molecule has 1 aromatic heterocycles. The fraction of sp³-hybridized carbons (Fsp3) is 0.211. The van der Waals surface area contributed by atoms with E-state index in [0.29, 0.717) is 0 Å². The van der Waals surface area contributed by atoms with E-state index in [1.165, 1.54) is 0 Å². The number of rotatable bonds is 5. The zero-order valence-electron chi connectivity index (χ0n) is 14.6. The van der Waals surface area contributed by atoms with Crippen LogP contribution in [-0.2, 0) is 11.3 Å². The van der Waals surface area contributed by atoms with Gasteiger partial charge in [0.15, 0.2) is 0 Å². The Bertz CT molecular complexity index is 909. The van der Waals surface area contributed by atoms with Crippen molar-refractivity contribution in [2.24, 2.45) is 5.10 Å². The fourth-order valence-electron chi connectivity index (χ4n) is 2.61. The number of carbonyl (C=O) groups is 1. The second-order valence-corrected chi connectivity index (χ2v) is 6.01. The van der Waals surface area contributed by atoms with E-state index in [2.05, 4.69) is 15.5 Å². The third kappa shape index (κ3) is 3.85. The van der Waals surface area contributed by atoms with Crippen molar-refractivity contribution in [3.8, 4) is 0 Å². The molecule has 0 radical (unpaired) electrons. The van der Waals surface area contributed by atoms with E-state index in [0.717, 1.165) is 28.1 Å². The molecule has 1 amide bonds. The lowest BCUT2D eigenvalue weighted by Gasteiger charge is -2.11. The number of imidazole rings is 1. The Hall–Kier alpha value is -3.15. The Morgan fingerprint density at radius 1 is 1.20 bits per heavy atom. The van der Waals surface area contributed by atoms with E-state index in [4.69, 9.17) is 0 Å². The minimum Gasteiger partial charge on any atom is -0.378 e. The maximum Gasteiger partial charge on any atom is 0.260 e. The van der Waals surface area contributed by atoms with Crippen LogP contribution in [0, 0.1) is 6.92 Å². The molecule has 0 saturated carbocycles. The molecule has 1 heterocycles. The normalized spacial score (nSPS) is 11.2. The number of fused-ring (bicyclic) bond motifs is 1. The van der Waals surface area contributed by atoms with Gasteiger partial charge in [0.1, 0.15) is 12.4 Å². The van der Waals surface area contributed by atoms with Crippen LogP contribution in [0.4, 0.5) is 5.69 Å². The van der Waals surface area contributed by atoms with Gasteiger partial charge in [-0.3, -0.25) is 4.79 Å². The molecule has 2 aromatic carbocycles. The van der Waals surface area contributed by atoms with Crippen molar-refractivity contribution in [2.45, 2.75) is 13.5 Å². The van der Waals surface area contributed by atoms with Gasteiger partial charge in [0.25, 0.3) is 5.91 Å². The average Bonchev–Trinajstić information content (AvgIpc) is 2.91. The predicted molar refractivity (Wildman–Crippen MR) is 101 cm³/mol. The topological polar surface area (TPSA) is 62.5 Å². The molecule has 3 aromatic rings. The van der Waals surface area contributed by atoms with Gasteiger partial charge < -0.3 is 9.47 Å². The number of aromatic nitrogens is 2. The zero-order chi connectivity index (χ0) is 17.8. The molecule has 0 unspecified atom stereocenters. The quantitative estimate of drug-likeness (QED) is 0.576. The van der Waals surface area contributed by atoms with Crippen LogP contribution in [-0.4, -0.2) is 35.8 Å². The molecule has 6 nitrogen and oxygen atoms in total. The van der Waals surface area contributed by atoms with Gasteiger partial charge >= 0.3 is 0 Å². The summed E-state index contributed by atoms with van der Waals surface area (Å²) in [6, 6.07) is 15.7. The molecule has 0 saturated heterocycles. The van der Waals surface area contributed by atoms with Crippen LogP contribution in [0.15, 0.2) is 53.6 Å². The number of aryl methyl sites for hydroxylation is 1. The lowest BCUT2D eigenvalue weighted by Crippen LogP contribution is -2.23. The number of hydrogen-bond donors (Lipinski definition) is 1. The van der Waals surface area contributed by atoms with Crippen molar-refractivity contribution in [2.75, 3.05) is 19.0 Å². The monoisotopic (exact) mass is 335 g/mol. The number of nitrogens with zero attached hydrogens (tertiary/aromatic N) is 4. The average molecular weight is 335 g/mol. The van der Waals surface area contributed by atoms with Crippen molar-refractivity contribution in [3.05, 3.63) is 59.9 Å². The first-order valence-corrected chi connectivity index (χ1v) is 8.06. The van der Waals surface area contributed by atoms with Gasteiger partial charge in [-0.05, 0) is 36.8 Å². The first kappa shape index (κ1) is 16.7. The van der Waals surface area contributed by atoms with E-state index in [-0.39, 0.29) is 12.5 Å². The first-order chi connectivity index (χ1) is 12.0. The largest absolute Gasteiger partial charge is 0.378 e. The number of carbonyl (C=O) groups excluding carboxylic acids is 1. The predicted octanol–water partition coefficient (Wildman–Crippen LogP) is 2.56. The Morgan fingerprint density at radius 3 is 2.64 bits per heavy atom. The van der Waals surface area contributed by atoms with Crippen LogP contribution in [0.2, 0.25) is 0 Å². The third-order valence-corrected chi connectivity index (χ3v) is 3.96. The van der Waals surface area contributed by atoms with Crippen LogP contribution in [0.25, 0.3) is 11.0 Å². The van der Waals surface area contributed by atoms with E-state index in [9.17, 15) is 4.79 Å². The summed E-state index contributed by atoms with van der Waals surface area (Å²) in [6.45, 7) is 2.08. The van der Waals surface area contributed by atoms with Gasteiger partial charge in [0, 0.05) is 19.8 Å². The SMILES string of the molecule is Cc1nc2ccccc2n1CC(=O)N/N=C\c1ccc(N(C)C)cc1. The molecule has 0 fully saturated rings. The molecule has 25 heavy (non-hydrogen) atoms. The van der Waals surface area contributed by atoms with Crippen LogP contribution in [0.1, 0.15) is 11.4 Å². The Labute approximate surface area is 146 Å². The standard InChI is InChI=1S/C19H21N5O/c1-14-21-17-6-4-5-7-18(17)24(14)13-19(25)22-20-12-15-8-10-16(11-9-15)23(2)3/h4-12H,13H2,1-3H3,(H,22,25)/b20-12-. The van der Waals surface area contributed by atoms with E-state index in [1.807, 2.05) is 79.0 Å². The van der Waals surface area contributed by atoms with Crippen LogP contribution in [0.5, 0.6) is 0 Å². The molecule has 0 aliphatic carbocycles. The van der Waals surface area contributed by atoms with Crippen LogP contribution in [0.3, 0.4) is 0 Å². The number of hydrazone groups is 1. The number of nitrogens with one attached hydrogen (secondary N) is 1. The fourth-order valence-corrected chi connectivity index (χ4v) is 2.61. The molecule has 0 bridgehead atoms. The summed E-state index contributed by atoms with van der Waals surface area (Å²) in [4.78, 5) is 18.6. The molecule has 6 heteroatoms. The van der Waals surface area contributed by atoms with Crippen LogP contribution < -0.4 is 10.3 Å². The van der Waals surface area contributed by atoms with Crippen LogP contribution >= 0.6 is 0 Å². The van der Waals surface area contributed by atoms with Gasteiger partial charge in [0.05, 0.1) is 17.2 Å². The van der Waals surface area contributed by atoms with Gasteiger partial charge in [0.2, 0.25) is 0 Å². The minimum atomic E-state index is -0.188. The first-order valence-electron chi connectivity index (χ1n) is 8.06. The highest BCUT2D eigenvalue weighted by atomic mass is 16.2. The number of anilines is 1. The van der Waals surface area contributed by atoms with Gasteiger partial charge in [-0.15, -0.1) is 0 Å². The third-order valence-electron chi connectivity index (χ3n) is 3.96. The smallest absolute Gasteiger partial charge is 0.260 e. The number of amides is 1. The summed E-state index contributed by atoms with van der Waals surface area (Å²) >= 11 is 0. The van der Waals surface area contributed by atoms with Crippen molar-refractivity contribution < 1.29 is 4.79 Å². The van der Waals surface area contributed by atoms with Crippen molar-refractivity contribution in [3.63, 3.8) is 0 Å². The second kappa shape index (κ2) is 7.17. The van der Waals surface area contributed by atoms with E-state index in [1.54, 1.807) is 6.21 Å². The summed E-state index contributed by atoms with van der Waals surface area (Å²) in [7, 11) is 3.98. The molecule has 0 aliphatic rings. The van der Waals surface area contributed by atoms with Crippen molar-refractivity contribution in [1.29, 1.82) is 0 Å². The van der Waals surface area contributed by atoms with Gasteiger partial charge in [-0.25, -0.2) is 10.4 Å². The molecule has 0 atom stereocenters. The molecular formula is C19H21N5O. The molecule has 0 aliphatic heterocycles. The number of benzene rings is 2. The maximum absolute atomic E-state index is 12.2. The number of hydrogen-bond acceptors (Lipinski definition) is 4. The summed E-state index contributed by atoms with van der Waals surface area (Å²) < 4.78 is 1.88. The second-order valence-electron chi connectivity index (χ2n) is 6.01.